The maximum Gasteiger partial charge on any atom is 0.141 e. The lowest BCUT2D eigenvalue weighted by Gasteiger charge is -2.13. The van der Waals surface area contributed by atoms with E-state index in [2.05, 4.69) is 15.9 Å². The Morgan fingerprint density at radius 2 is 1.69 bits per heavy atom. The molecule has 0 aliphatic heterocycles. The Labute approximate surface area is 176 Å². The van der Waals surface area contributed by atoms with Gasteiger partial charge in [-0.05, 0) is 48.9 Å². The average Bonchev–Trinajstić information content (AvgIpc) is 2.58. The molecule has 26 heavy (non-hydrogen) atoms. The van der Waals surface area contributed by atoms with Crippen LogP contribution in [0.15, 0.2) is 51.4 Å². The normalized spacial score (nSPS) is 10.3. The van der Waals surface area contributed by atoms with Gasteiger partial charge in [0.25, 0.3) is 0 Å². The van der Waals surface area contributed by atoms with Crippen LogP contribution in [0.4, 0.5) is 0 Å². The maximum atomic E-state index is 6.29. The van der Waals surface area contributed by atoms with Crippen molar-refractivity contribution in [2.45, 2.75) is 13.3 Å². The Bertz CT molecular complexity index is 721. The quantitative estimate of drug-likeness (QED) is 0.363. The fraction of sp³-hybridized carbons (Fsp3) is 0.263. The van der Waals surface area contributed by atoms with E-state index in [0.29, 0.717) is 29.7 Å². The summed E-state index contributed by atoms with van der Waals surface area (Å²) in [5.74, 6) is 2.10. The molecule has 0 saturated carbocycles. The van der Waals surface area contributed by atoms with Gasteiger partial charge in [-0.25, -0.2) is 0 Å². The summed E-state index contributed by atoms with van der Waals surface area (Å²) in [6.45, 7) is 3.25. The second-order valence-corrected chi connectivity index (χ2v) is 7.69. The molecule has 0 saturated heterocycles. The number of hydrogen-bond acceptors (Lipinski definition) is 3. The van der Waals surface area contributed by atoms with Crippen LogP contribution in [0.2, 0.25) is 5.02 Å². The molecule has 0 aliphatic carbocycles. The van der Waals surface area contributed by atoms with Crippen molar-refractivity contribution in [3.8, 4) is 17.2 Å². The van der Waals surface area contributed by atoms with Crippen molar-refractivity contribution in [1.29, 1.82) is 0 Å². The molecule has 0 heterocycles. The summed E-state index contributed by atoms with van der Waals surface area (Å²) in [6.07, 6.45) is 2.30. The molecule has 0 amide bonds. The van der Waals surface area contributed by atoms with Crippen LogP contribution in [0.1, 0.15) is 12.0 Å². The van der Waals surface area contributed by atoms with Gasteiger partial charge in [-0.15, -0.1) is 0 Å². The van der Waals surface area contributed by atoms with Crippen LogP contribution in [-0.2, 0) is 0 Å². The molecule has 7 heteroatoms. The molecule has 0 fully saturated rings. The fourth-order valence-corrected chi connectivity index (χ4v) is 2.82. The van der Waals surface area contributed by atoms with E-state index in [1.165, 1.54) is 0 Å². The number of halogens is 4. The first kappa shape index (κ1) is 21.2. The van der Waals surface area contributed by atoms with Crippen molar-refractivity contribution >= 4 is 50.7 Å². The van der Waals surface area contributed by atoms with Gasteiger partial charge in [0.1, 0.15) is 28.3 Å². The minimum absolute atomic E-state index is 0.165. The van der Waals surface area contributed by atoms with Gasteiger partial charge >= 0.3 is 0 Å². The van der Waals surface area contributed by atoms with Gasteiger partial charge in [-0.2, -0.15) is 0 Å². The third-order valence-electron chi connectivity index (χ3n) is 3.31. The highest BCUT2D eigenvalue weighted by molar-refractivity contribution is 9.10. The molecule has 2 aromatic carbocycles. The number of hydrogen-bond donors (Lipinski definition) is 0. The molecule has 0 aromatic heterocycles. The number of rotatable bonds is 9. The van der Waals surface area contributed by atoms with E-state index in [1.54, 1.807) is 12.1 Å². The molecule has 0 N–H and O–H groups in total. The molecular formula is C19H18BrCl3O3. The Hall–Kier alpha value is -1.07. The predicted molar refractivity (Wildman–Crippen MR) is 111 cm³/mol. The SMILES string of the molecule is Cc1cc(OCC=C(Cl)Cl)cc(Cl)c1OCCCOc1ccc(Br)cc1. The maximum absolute atomic E-state index is 6.29. The largest absolute Gasteiger partial charge is 0.493 e. The van der Waals surface area contributed by atoms with E-state index in [9.17, 15) is 0 Å². The van der Waals surface area contributed by atoms with Crippen LogP contribution >= 0.6 is 50.7 Å². The van der Waals surface area contributed by atoms with E-state index in [0.717, 1.165) is 22.2 Å². The lowest BCUT2D eigenvalue weighted by molar-refractivity contribution is 0.246. The number of benzene rings is 2. The molecule has 0 aliphatic rings. The van der Waals surface area contributed by atoms with Gasteiger partial charge < -0.3 is 14.2 Å². The standard InChI is InChI=1S/C19H18BrCl3O3/c1-13-11-16(25-10-7-18(22)23)12-17(21)19(13)26-9-2-8-24-15-5-3-14(20)4-6-15/h3-7,11-12H,2,8-10H2,1H3. The summed E-state index contributed by atoms with van der Waals surface area (Å²) in [4.78, 5) is 0. The summed E-state index contributed by atoms with van der Waals surface area (Å²) in [6, 6.07) is 11.3. The first-order valence-corrected chi connectivity index (χ1v) is 9.83. The zero-order chi connectivity index (χ0) is 18.9. The fourth-order valence-electron chi connectivity index (χ4n) is 2.12. The minimum atomic E-state index is 0.165. The zero-order valence-corrected chi connectivity index (χ0v) is 18.0. The Balaban J connectivity index is 1.79. The van der Waals surface area contributed by atoms with Crippen LogP contribution in [0.25, 0.3) is 0 Å². The molecule has 0 unspecified atom stereocenters. The average molecular weight is 481 g/mol. The van der Waals surface area contributed by atoms with Crippen molar-refractivity contribution in [3.63, 3.8) is 0 Å². The van der Waals surface area contributed by atoms with E-state index >= 15 is 0 Å². The second-order valence-electron chi connectivity index (χ2n) is 5.36. The monoisotopic (exact) mass is 478 g/mol. The third kappa shape index (κ3) is 7.28. The number of aryl methyl sites for hydroxylation is 1. The van der Waals surface area contributed by atoms with Gasteiger partial charge in [-0.1, -0.05) is 50.7 Å². The molecule has 0 radical (unpaired) electrons. The topological polar surface area (TPSA) is 27.7 Å². The molecule has 0 spiro atoms. The summed E-state index contributed by atoms with van der Waals surface area (Å²) in [5, 5.41) is 0.495. The molecular weight excluding hydrogens is 462 g/mol. The summed E-state index contributed by atoms with van der Waals surface area (Å²) < 4.78 is 18.2. The van der Waals surface area contributed by atoms with Crippen LogP contribution < -0.4 is 14.2 Å². The number of ether oxygens (including phenoxy) is 3. The lowest BCUT2D eigenvalue weighted by Crippen LogP contribution is -2.06. The van der Waals surface area contributed by atoms with Crippen molar-refractivity contribution in [2.24, 2.45) is 0 Å². The van der Waals surface area contributed by atoms with Gasteiger partial charge in [0.15, 0.2) is 0 Å². The zero-order valence-electron chi connectivity index (χ0n) is 14.1. The smallest absolute Gasteiger partial charge is 0.141 e. The third-order valence-corrected chi connectivity index (χ3v) is 4.43. The molecule has 0 bridgehead atoms. The van der Waals surface area contributed by atoms with Crippen molar-refractivity contribution in [2.75, 3.05) is 19.8 Å². The van der Waals surface area contributed by atoms with Gasteiger partial charge in [0.05, 0.1) is 18.2 Å². The summed E-state index contributed by atoms with van der Waals surface area (Å²) in [5.41, 5.74) is 0.891. The van der Waals surface area contributed by atoms with Gasteiger partial charge in [0.2, 0.25) is 0 Å². The highest BCUT2D eigenvalue weighted by Gasteiger charge is 2.09. The van der Waals surface area contributed by atoms with Gasteiger partial charge in [0, 0.05) is 17.0 Å². The molecule has 2 aromatic rings. The molecule has 3 nitrogen and oxygen atoms in total. The van der Waals surface area contributed by atoms with Crippen molar-refractivity contribution < 1.29 is 14.2 Å². The van der Waals surface area contributed by atoms with Crippen molar-refractivity contribution in [3.05, 3.63) is 62.0 Å². The highest BCUT2D eigenvalue weighted by atomic mass is 79.9. The van der Waals surface area contributed by atoms with E-state index < -0.39 is 0 Å². The molecule has 140 valence electrons. The van der Waals surface area contributed by atoms with Crippen molar-refractivity contribution in [1.82, 2.24) is 0 Å². The lowest BCUT2D eigenvalue weighted by atomic mass is 10.2. The predicted octanol–water partition coefficient (Wildman–Crippen LogP) is 6.96. The van der Waals surface area contributed by atoms with Crippen LogP contribution in [0, 0.1) is 6.92 Å². The first-order valence-electron chi connectivity index (χ1n) is 7.91. The Morgan fingerprint density at radius 1 is 1.00 bits per heavy atom. The van der Waals surface area contributed by atoms with Crippen LogP contribution in [-0.4, -0.2) is 19.8 Å². The van der Waals surface area contributed by atoms with E-state index in [4.69, 9.17) is 49.0 Å². The molecule has 2 rings (SSSR count). The van der Waals surface area contributed by atoms with Gasteiger partial charge in [-0.3, -0.25) is 0 Å². The van der Waals surface area contributed by atoms with Crippen LogP contribution in [0.3, 0.4) is 0 Å². The Kier molecular flexibility index (Phi) is 8.93. The van der Waals surface area contributed by atoms with E-state index in [1.807, 2.05) is 37.3 Å². The highest BCUT2D eigenvalue weighted by Crippen LogP contribution is 2.33. The van der Waals surface area contributed by atoms with Crippen LogP contribution in [0.5, 0.6) is 17.2 Å². The summed E-state index contributed by atoms with van der Waals surface area (Å²) in [7, 11) is 0. The summed E-state index contributed by atoms with van der Waals surface area (Å²) >= 11 is 20.8. The minimum Gasteiger partial charge on any atom is -0.493 e. The molecule has 0 atom stereocenters. The Morgan fingerprint density at radius 3 is 2.35 bits per heavy atom. The van der Waals surface area contributed by atoms with E-state index in [-0.39, 0.29) is 11.1 Å². The first-order chi connectivity index (χ1) is 12.5. The second kappa shape index (κ2) is 10.9.